The Bertz CT molecular complexity index is 577. The van der Waals surface area contributed by atoms with Gasteiger partial charge in [0.2, 0.25) is 5.91 Å². The molecule has 1 N–H and O–H groups in total. The summed E-state index contributed by atoms with van der Waals surface area (Å²) in [6.45, 7) is 0.914. The summed E-state index contributed by atoms with van der Waals surface area (Å²) in [5, 5.41) is 8.98. The van der Waals surface area contributed by atoms with Gasteiger partial charge in [-0.2, -0.15) is 0 Å². The first-order valence-electron chi connectivity index (χ1n) is 6.95. The second kappa shape index (κ2) is 5.77. The van der Waals surface area contributed by atoms with Crippen molar-refractivity contribution in [1.29, 1.82) is 0 Å². The second-order valence-corrected chi connectivity index (χ2v) is 6.40. The lowest BCUT2D eigenvalue weighted by molar-refractivity contribution is -0.159. The molecular formula is C15H16BrNO4. The van der Waals surface area contributed by atoms with E-state index in [4.69, 9.17) is 9.84 Å². The number of ether oxygens (including phenoxy) is 1. The SMILES string of the molecule is O=C(O)[C@@H]1CN(C(=O)[C@@H]2C[C@H]2c2cccc(Br)c2)CCO1. The number of halogens is 1. The molecule has 2 aliphatic rings. The zero-order chi connectivity index (χ0) is 15.0. The standard InChI is InChI=1S/C15H16BrNO4/c16-10-3-1-2-9(6-10)11-7-12(11)14(18)17-4-5-21-13(8-17)15(19)20/h1-3,6,11-13H,4-5,7-8H2,(H,19,20)/t11-,12+,13-/m0/s1. The van der Waals surface area contributed by atoms with Gasteiger partial charge in [-0.3, -0.25) is 4.79 Å². The van der Waals surface area contributed by atoms with Crippen LogP contribution in [0.3, 0.4) is 0 Å². The zero-order valence-corrected chi connectivity index (χ0v) is 13.0. The minimum Gasteiger partial charge on any atom is -0.479 e. The summed E-state index contributed by atoms with van der Waals surface area (Å²) in [5.41, 5.74) is 1.16. The summed E-state index contributed by atoms with van der Waals surface area (Å²) in [7, 11) is 0. The minimum atomic E-state index is -1.01. The summed E-state index contributed by atoms with van der Waals surface area (Å²) in [6, 6.07) is 8.00. The molecule has 1 saturated heterocycles. The fourth-order valence-corrected chi connectivity index (χ4v) is 3.22. The third kappa shape index (κ3) is 3.11. The molecule has 1 heterocycles. The molecule has 1 saturated carbocycles. The predicted octanol–water partition coefficient (Wildman–Crippen LogP) is 1.86. The third-order valence-electron chi connectivity index (χ3n) is 4.04. The summed E-state index contributed by atoms with van der Waals surface area (Å²) >= 11 is 3.44. The number of aliphatic carboxylic acids is 1. The number of carboxylic acids is 1. The van der Waals surface area contributed by atoms with Crippen LogP contribution in [0.2, 0.25) is 0 Å². The Kier molecular flexibility index (Phi) is 3.99. The Morgan fingerprint density at radius 3 is 2.90 bits per heavy atom. The molecule has 1 aromatic rings. The van der Waals surface area contributed by atoms with Crippen molar-refractivity contribution < 1.29 is 19.4 Å². The number of nitrogens with zero attached hydrogens (tertiary/aromatic N) is 1. The number of hydrogen-bond donors (Lipinski definition) is 1. The van der Waals surface area contributed by atoms with Gasteiger partial charge in [-0.25, -0.2) is 4.79 Å². The van der Waals surface area contributed by atoms with E-state index in [9.17, 15) is 9.59 Å². The molecule has 1 aliphatic carbocycles. The Hall–Kier alpha value is -1.40. The van der Waals surface area contributed by atoms with E-state index in [1.807, 2.05) is 24.3 Å². The lowest BCUT2D eigenvalue weighted by Crippen LogP contribution is -2.49. The van der Waals surface area contributed by atoms with Crippen molar-refractivity contribution in [2.75, 3.05) is 19.7 Å². The summed E-state index contributed by atoms with van der Waals surface area (Å²) < 4.78 is 6.16. The van der Waals surface area contributed by atoms with Crippen LogP contribution >= 0.6 is 15.9 Å². The third-order valence-corrected chi connectivity index (χ3v) is 4.53. The minimum absolute atomic E-state index is 0.0214. The molecule has 0 radical (unpaired) electrons. The van der Waals surface area contributed by atoms with E-state index in [0.29, 0.717) is 6.54 Å². The molecule has 0 bridgehead atoms. The fourth-order valence-electron chi connectivity index (χ4n) is 2.81. The van der Waals surface area contributed by atoms with Crippen molar-refractivity contribution in [1.82, 2.24) is 4.90 Å². The van der Waals surface area contributed by atoms with Crippen molar-refractivity contribution >= 4 is 27.8 Å². The van der Waals surface area contributed by atoms with Gasteiger partial charge in [0.15, 0.2) is 6.10 Å². The molecule has 0 aromatic heterocycles. The molecule has 0 spiro atoms. The monoisotopic (exact) mass is 353 g/mol. The second-order valence-electron chi connectivity index (χ2n) is 5.49. The van der Waals surface area contributed by atoms with Crippen LogP contribution < -0.4 is 0 Å². The number of carbonyl (C=O) groups is 2. The van der Waals surface area contributed by atoms with E-state index in [0.717, 1.165) is 16.5 Å². The topological polar surface area (TPSA) is 66.8 Å². The Morgan fingerprint density at radius 2 is 2.19 bits per heavy atom. The molecule has 1 aliphatic heterocycles. The maximum atomic E-state index is 12.5. The predicted molar refractivity (Wildman–Crippen MR) is 78.9 cm³/mol. The quantitative estimate of drug-likeness (QED) is 0.900. The number of morpholine rings is 1. The molecule has 6 heteroatoms. The lowest BCUT2D eigenvalue weighted by atomic mass is 10.1. The number of benzene rings is 1. The van der Waals surface area contributed by atoms with E-state index in [-0.39, 0.29) is 30.9 Å². The van der Waals surface area contributed by atoms with Crippen LogP contribution in [-0.4, -0.2) is 47.7 Å². The number of rotatable bonds is 3. The van der Waals surface area contributed by atoms with E-state index in [2.05, 4.69) is 15.9 Å². The highest BCUT2D eigenvalue weighted by Crippen LogP contribution is 2.49. The zero-order valence-electron chi connectivity index (χ0n) is 11.4. The van der Waals surface area contributed by atoms with Crippen LogP contribution in [0, 0.1) is 5.92 Å². The van der Waals surface area contributed by atoms with Crippen LogP contribution in [0.25, 0.3) is 0 Å². The molecule has 3 atom stereocenters. The Labute approximate surface area is 131 Å². The highest BCUT2D eigenvalue weighted by atomic mass is 79.9. The Balaban J connectivity index is 1.63. The summed E-state index contributed by atoms with van der Waals surface area (Å²) in [6.07, 6.45) is -0.0598. The van der Waals surface area contributed by atoms with Crippen molar-refractivity contribution in [3.63, 3.8) is 0 Å². The van der Waals surface area contributed by atoms with Crippen molar-refractivity contribution in [2.24, 2.45) is 5.92 Å². The smallest absolute Gasteiger partial charge is 0.334 e. The molecule has 5 nitrogen and oxygen atoms in total. The average Bonchev–Trinajstić information content (AvgIpc) is 3.27. The summed E-state index contributed by atoms with van der Waals surface area (Å²) in [5.74, 6) is -0.727. The van der Waals surface area contributed by atoms with E-state index >= 15 is 0 Å². The number of hydrogen-bond acceptors (Lipinski definition) is 3. The molecule has 1 amide bonds. The molecule has 3 rings (SSSR count). The molecule has 0 unspecified atom stereocenters. The number of carbonyl (C=O) groups excluding carboxylic acids is 1. The van der Waals surface area contributed by atoms with Crippen LogP contribution in [0.4, 0.5) is 0 Å². The normalized spacial score (nSPS) is 28.2. The highest BCUT2D eigenvalue weighted by Gasteiger charge is 2.46. The Morgan fingerprint density at radius 1 is 1.38 bits per heavy atom. The van der Waals surface area contributed by atoms with Crippen LogP contribution in [-0.2, 0) is 14.3 Å². The van der Waals surface area contributed by atoms with Crippen LogP contribution in [0.1, 0.15) is 17.9 Å². The molecule has 1 aromatic carbocycles. The number of carboxylic acid groups (broad SMARTS) is 1. The van der Waals surface area contributed by atoms with Crippen LogP contribution in [0.5, 0.6) is 0 Å². The maximum absolute atomic E-state index is 12.5. The summed E-state index contributed by atoms with van der Waals surface area (Å²) in [4.78, 5) is 25.1. The van der Waals surface area contributed by atoms with Gasteiger partial charge in [0.05, 0.1) is 13.2 Å². The average molecular weight is 354 g/mol. The molecule has 112 valence electrons. The van der Waals surface area contributed by atoms with Gasteiger partial charge in [0.25, 0.3) is 0 Å². The van der Waals surface area contributed by atoms with Crippen molar-refractivity contribution in [3.05, 3.63) is 34.3 Å². The first-order valence-corrected chi connectivity index (χ1v) is 7.74. The van der Waals surface area contributed by atoms with Gasteiger partial charge in [0, 0.05) is 16.9 Å². The molecule has 21 heavy (non-hydrogen) atoms. The van der Waals surface area contributed by atoms with Gasteiger partial charge in [-0.1, -0.05) is 28.1 Å². The molecule has 2 fully saturated rings. The number of amides is 1. The van der Waals surface area contributed by atoms with E-state index in [1.165, 1.54) is 0 Å². The highest BCUT2D eigenvalue weighted by molar-refractivity contribution is 9.10. The lowest BCUT2D eigenvalue weighted by Gasteiger charge is -2.31. The van der Waals surface area contributed by atoms with Gasteiger partial charge in [-0.15, -0.1) is 0 Å². The van der Waals surface area contributed by atoms with Gasteiger partial charge in [0.1, 0.15) is 0 Å². The first kappa shape index (κ1) is 14.5. The van der Waals surface area contributed by atoms with Gasteiger partial charge >= 0.3 is 5.97 Å². The molecular weight excluding hydrogens is 338 g/mol. The largest absolute Gasteiger partial charge is 0.479 e. The maximum Gasteiger partial charge on any atom is 0.334 e. The van der Waals surface area contributed by atoms with Crippen molar-refractivity contribution in [2.45, 2.75) is 18.4 Å². The van der Waals surface area contributed by atoms with E-state index in [1.54, 1.807) is 4.90 Å². The first-order chi connectivity index (χ1) is 10.1. The van der Waals surface area contributed by atoms with Crippen LogP contribution in [0.15, 0.2) is 28.7 Å². The van der Waals surface area contributed by atoms with E-state index < -0.39 is 12.1 Å². The van der Waals surface area contributed by atoms with Gasteiger partial charge < -0.3 is 14.7 Å². The van der Waals surface area contributed by atoms with Gasteiger partial charge in [-0.05, 0) is 30.0 Å². The van der Waals surface area contributed by atoms with Crippen molar-refractivity contribution in [3.8, 4) is 0 Å². The fraction of sp³-hybridized carbons (Fsp3) is 0.467.